The summed E-state index contributed by atoms with van der Waals surface area (Å²) in [6.07, 6.45) is 4.33. The van der Waals surface area contributed by atoms with Gasteiger partial charge in [-0.25, -0.2) is 9.37 Å². The highest BCUT2D eigenvalue weighted by Gasteiger charge is 2.16. The smallest absolute Gasteiger partial charge is 0.229 e. The van der Waals surface area contributed by atoms with Crippen molar-refractivity contribution in [2.75, 3.05) is 23.3 Å². The third-order valence-electron chi connectivity index (χ3n) is 4.42. The van der Waals surface area contributed by atoms with E-state index >= 15 is 0 Å². The van der Waals surface area contributed by atoms with Crippen LogP contribution >= 0.6 is 0 Å². The van der Waals surface area contributed by atoms with Gasteiger partial charge in [-0.15, -0.1) is 0 Å². The van der Waals surface area contributed by atoms with Crippen molar-refractivity contribution in [1.29, 1.82) is 0 Å². The highest BCUT2D eigenvalue weighted by molar-refractivity contribution is 5.91. The van der Waals surface area contributed by atoms with E-state index in [1.807, 2.05) is 12.1 Å². The highest BCUT2D eigenvalue weighted by Crippen LogP contribution is 2.23. The van der Waals surface area contributed by atoms with Crippen LogP contribution in [0, 0.1) is 11.7 Å². The Morgan fingerprint density at radius 3 is 2.75 bits per heavy atom. The molecule has 0 bridgehead atoms. The van der Waals surface area contributed by atoms with E-state index in [1.54, 1.807) is 18.3 Å². The summed E-state index contributed by atoms with van der Waals surface area (Å²) in [6.45, 7) is 4.38. The van der Waals surface area contributed by atoms with Crippen molar-refractivity contribution in [3.05, 3.63) is 54.0 Å². The highest BCUT2D eigenvalue weighted by atomic mass is 19.1. The van der Waals surface area contributed by atoms with Crippen LogP contribution in [0.3, 0.4) is 0 Å². The van der Waals surface area contributed by atoms with Crippen molar-refractivity contribution >= 4 is 17.4 Å². The van der Waals surface area contributed by atoms with E-state index in [1.165, 1.54) is 25.0 Å². The molecule has 0 saturated carbocycles. The molecule has 0 radical (unpaired) electrons. The lowest BCUT2D eigenvalue weighted by molar-refractivity contribution is -0.115. The van der Waals surface area contributed by atoms with Crippen LogP contribution in [0.25, 0.3) is 0 Å². The Morgan fingerprint density at radius 1 is 1.29 bits per heavy atom. The minimum absolute atomic E-state index is 0.130. The van der Waals surface area contributed by atoms with Gasteiger partial charge in [0.25, 0.3) is 0 Å². The van der Waals surface area contributed by atoms with E-state index in [2.05, 4.69) is 22.1 Å². The number of benzene rings is 1. The SMILES string of the molecule is CC1CCN(c2ccc(NC(=O)Cc3cccc(F)c3)nc2)CC1. The number of anilines is 2. The number of nitrogens with one attached hydrogen (secondary N) is 1. The zero-order valence-electron chi connectivity index (χ0n) is 13.8. The predicted octanol–water partition coefficient (Wildman–Crippen LogP) is 3.64. The quantitative estimate of drug-likeness (QED) is 0.932. The number of hydrogen-bond donors (Lipinski definition) is 1. The van der Waals surface area contributed by atoms with Gasteiger partial charge in [0.05, 0.1) is 18.3 Å². The molecule has 126 valence electrons. The summed E-state index contributed by atoms with van der Waals surface area (Å²) in [6, 6.07) is 9.87. The van der Waals surface area contributed by atoms with E-state index < -0.39 is 0 Å². The van der Waals surface area contributed by atoms with Gasteiger partial charge in [-0.05, 0) is 48.6 Å². The maximum Gasteiger partial charge on any atom is 0.229 e. The molecule has 1 aromatic carbocycles. The van der Waals surface area contributed by atoms with Crippen molar-refractivity contribution in [3.8, 4) is 0 Å². The van der Waals surface area contributed by atoms with Gasteiger partial charge in [0.15, 0.2) is 0 Å². The van der Waals surface area contributed by atoms with Crippen molar-refractivity contribution < 1.29 is 9.18 Å². The molecule has 2 aromatic rings. The van der Waals surface area contributed by atoms with Crippen LogP contribution in [0.1, 0.15) is 25.3 Å². The number of carbonyl (C=O) groups is 1. The van der Waals surface area contributed by atoms with Gasteiger partial charge in [-0.1, -0.05) is 19.1 Å². The number of halogens is 1. The first kappa shape index (κ1) is 16.4. The Morgan fingerprint density at radius 2 is 2.08 bits per heavy atom. The normalized spacial score (nSPS) is 15.3. The molecule has 24 heavy (non-hydrogen) atoms. The first-order valence-corrected chi connectivity index (χ1v) is 8.35. The van der Waals surface area contributed by atoms with Crippen molar-refractivity contribution in [2.45, 2.75) is 26.2 Å². The number of aromatic nitrogens is 1. The molecule has 5 heteroatoms. The Labute approximate surface area is 141 Å². The van der Waals surface area contributed by atoms with Crippen LogP contribution in [0.15, 0.2) is 42.6 Å². The molecule has 0 spiro atoms. The average Bonchev–Trinajstić information content (AvgIpc) is 2.56. The summed E-state index contributed by atoms with van der Waals surface area (Å²) < 4.78 is 13.1. The molecule has 1 aliphatic rings. The fourth-order valence-corrected chi connectivity index (χ4v) is 2.93. The Bertz CT molecular complexity index is 694. The van der Waals surface area contributed by atoms with E-state index in [-0.39, 0.29) is 18.1 Å². The zero-order valence-corrected chi connectivity index (χ0v) is 13.8. The second-order valence-corrected chi connectivity index (χ2v) is 6.43. The molecule has 1 aliphatic heterocycles. The number of amides is 1. The molecule has 1 aromatic heterocycles. The number of pyridine rings is 1. The second kappa shape index (κ2) is 7.43. The molecule has 1 saturated heterocycles. The monoisotopic (exact) mass is 327 g/mol. The molecule has 1 N–H and O–H groups in total. The van der Waals surface area contributed by atoms with Gasteiger partial charge in [0.2, 0.25) is 5.91 Å². The lowest BCUT2D eigenvalue weighted by atomic mass is 9.99. The van der Waals surface area contributed by atoms with E-state index in [0.29, 0.717) is 11.4 Å². The predicted molar refractivity (Wildman–Crippen MR) is 93.6 cm³/mol. The van der Waals surface area contributed by atoms with Crippen LogP contribution in [0.4, 0.5) is 15.9 Å². The molecule has 0 unspecified atom stereocenters. The van der Waals surface area contributed by atoms with Gasteiger partial charge in [-0.3, -0.25) is 4.79 Å². The maximum absolute atomic E-state index is 13.1. The lowest BCUT2D eigenvalue weighted by Crippen LogP contribution is -2.32. The first-order valence-electron chi connectivity index (χ1n) is 8.35. The zero-order chi connectivity index (χ0) is 16.9. The Balaban J connectivity index is 1.56. The molecular formula is C19H22FN3O. The van der Waals surface area contributed by atoms with Crippen molar-refractivity contribution in [3.63, 3.8) is 0 Å². The summed E-state index contributed by atoms with van der Waals surface area (Å²) in [5.74, 6) is 0.771. The first-order chi connectivity index (χ1) is 11.6. The van der Waals surface area contributed by atoms with Crippen LogP contribution in [0.2, 0.25) is 0 Å². The van der Waals surface area contributed by atoms with Crippen LogP contribution in [0.5, 0.6) is 0 Å². The number of carbonyl (C=O) groups excluding carboxylic acids is 1. The number of rotatable bonds is 4. The molecule has 0 atom stereocenters. The lowest BCUT2D eigenvalue weighted by Gasteiger charge is -2.31. The molecule has 3 rings (SSSR count). The van der Waals surface area contributed by atoms with Gasteiger partial charge in [0.1, 0.15) is 11.6 Å². The molecule has 4 nitrogen and oxygen atoms in total. The third kappa shape index (κ3) is 4.31. The number of nitrogens with zero attached hydrogens (tertiary/aromatic N) is 2. The van der Waals surface area contributed by atoms with E-state index in [9.17, 15) is 9.18 Å². The topological polar surface area (TPSA) is 45.2 Å². The molecule has 2 heterocycles. The van der Waals surface area contributed by atoms with Crippen molar-refractivity contribution in [1.82, 2.24) is 4.98 Å². The summed E-state index contributed by atoms with van der Waals surface area (Å²) in [5.41, 5.74) is 1.73. The van der Waals surface area contributed by atoms with Crippen LogP contribution < -0.4 is 10.2 Å². The van der Waals surface area contributed by atoms with Crippen LogP contribution in [-0.4, -0.2) is 24.0 Å². The van der Waals surface area contributed by atoms with Crippen molar-refractivity contribution in [2.24, 2.45) is 5.92 Å². The average molecular weight is 327 g/mol. The summed E-state index contributed by atoms with van der Waals surface area (Å²) in [4.78, 5) is 18.7. The third-order valence-corrected chi connectivity index (χ3v) is 4.42. The summed E-state index contributed by atoms with van der Waals surface area (Å²) in [7, 11) is 0. The molecule has 1 amide bonds. The van der Waals surface area contributed by atoms with Gasteiger partial charge in [0, 0.05) is 13.1 Å². The minimum Gasteiger partial charge on any atom is -0.370 e. The van der Waals surface area contributed by atoms with Gasteiger partial charge < -0.3 is 10.2 Å². The molecule has 1 fully saturated rings. The second-order valence-electron chi connectivity index (χ2n) is 6.43. The Hall–Kier alpha value is -2.43. The maximum atomic E-state index is 13.1. The fourth-order valence-electron chi connectivity index (χ4n) is 2.93. The van der Waals surface area contributed by atoms with E-state index in [0.717, 1.165) is 24.7 Å². The number of hydrogen-bond acceptors (Lipinski definition) is 3. The Kier molecular flexibility index (Phi) is 5.08. The molecular weight excluding hydrogens is 305 g/mol. The van der Waals surface area contributed by atoms with Crippen LogP contribution in [-0.2, 0) is 11.2 Å². The summed E-state index contributed by atoms with van der Waals surface area (Å²) >= 11 is 0. The van der Waals surface area contributed by atoms with Gasteiger partial charge in [-0.2, -0.15) is 0 Å². The standard InChI is InChI=1S/C19H22FN3O/c1-14-7-9-23(10-8-14)17-5-6-18(21-13-17)22-19(24)12-15-3-2-4-16(20)11-15/h2-6,11,13-14H,7-10,12H2,1H3,(H,21,22,24). The summed E-state index contributed by atoms with van der Waals surface area (Å²) in [5, 5.41) is 2.76. The number of piperidine rings is 1. The minimum atomic E-state index is -0.335. The van der Waals surface area contributed by atoms with E-state index in [4.69, 9.17) is 0 Å². The molecule has 0 aliphatic carbocycles. The largest absolute Gasteiger partial charge is 0.370 e. The fraction of sp³-hybridized carbons (Fsp3) is 0.368. The van der Waals surface area contributed by atoms with Gasteiger partial charge >= 0.3 is 0 Å².